The van der Waals surface area contributed by atoms with Crippen molar-refractivity contribution in [1.82, 2.24) is 0 Å². The molecule has 172 valence electrons. The first kappa shape index (κ1) is 22.9. The van der Waals surface area contributed by atoms with Gasteiger partial charge in [0.1, 0.15) is 17.2 Å². The van der Waals surface area contributed by atoms with Gasteiger partial charge in [-0.3, -0.25) is 4.79 Å². The minimum atomic E-state index is -0.148. The Bertz CT molecular complexity index is 1160. The van der Waals surface area contributed by atoms with Crippen molar-refractivity contribution in [2.45, 2.75) is 12.8 Å². The topological polar surface area (TPSA) is 59.6 Å². The molecule has 0 aliphatic rings. The van der Waals surface area contributed by atoms with Gasteiger partial charge in [-0.1, -0.05) is 60.7 Å². The molecule has 34 heavy (non-hydrogen) atoms. The molecule has 5 heteroatoms. The second-order valence-electron chi connectivity index (χ2n) is 7.77. The highest BCUT2D eigenvalue weighted by Crippen LogP contribution is 2.25. The van der Waals surface area contributed by atoms with E-state index < -0.39 is 0 Å². The van der Waals surface area contributed by atoms with Crippen LogP contribution in [0.15, 0.2) is 109 Å². The third-order valence-corrected chi connectivity index (χ3v) is 5.16. The first-order valence-corrected chi connectivity index (χ1v) is 11.4. The first-order chi connectivity index (χ1) is 16.8. The highest BCUT2D eigenvalue weighted by molar-refractivity contribution is 5.95. The van der Waals surface area contributed by atoms with Crippen LogP contribution in [0.2, 0.25) is 0 Å². The molecule has 0 bridgehead atoms. The molecule has 5 nitrogen and oxygen atoms in total. The molecular formula is C29H28N2O3. The number of hydrogen-bond donors (Lipinski definition) is 2. The van der Waals surface area contributed by atoms with Crippen LogP contribution in [0.3, 0.4) is 0 Å². The van der Waals surface area contributed by atoms with Crippen LogP contribution < -0.4 is 20.1 Å². The molecule has 0 radical (unpaired) electrons. The SMILES string of the molecule is O=C(CNc1ccc(Oc2ccccc2)cc1)Nc1ccccc1OCCCc1ccccc1. The molecule has 0 saturated carbocycles. The molecule has 4 aromatic rings. The number of anilines is 2. The fraction of sp³-hybridized carbons (Fsp3) is 0.138. The van der Waals surface area contributed by atoms with E-state index in [-0.39, 0.29) is 12.5 Å². The quantitative estimate of drug-likeness (QED) is 0.254. The van der Waals surface area contributed by atoms with Gasteiger partial charge in [-0.25, -0.2) is 0 Å². The second-order valence-corrected chi connectivity index (χ2v) is 7.77. The number of rotatable bonds is 11. The Hall–Kier alpha value is -4.25. The maximum atomic E-state index is 12.5. The van der Waals surface area contributed by atoms with Crippen molar-refractivity contribution in [2.75, 3.05) is 23.8 Å². The summed E-state index contributed by atoms with van der Waals surface area (Å²) >= 11 is 0. The van der Waals surface area contributed by atoms with Gasteiger partial charge >= 0.3 is 0 Å². The lowest BCUT2D eigenvalue weighted by molar-refractivity contribution is -0.114. The number of aryl methyl sites for hydroxylation is 1. The zero-order chi connectivity index (χ0) is 23.4. The van der Waals surface area contributed by atoms with Gasteiger partial charge in [-0.05, 0) is 66.9 Å². The number of carbonyl (C=O) groups excluding carboxylic acids is 1. The number of benzene rings is 4. The summed E-state index contributed by atoms with van der Waals surface area (Å²) in [6, 6.07) is 35.0. The van der Waals surface area contributed by atoms with Crippen molar-refractivity contribution in [3.05, 3.63) is 115 Å². The van der Waals surface area contributed by atoms with E-state index in [1.807, 2.05) is 97.1 Å². The summed E-state index contributed by atoms with van der Waals surface area (Å²) in [7, 11) is 0. The van der Waals surface area contributed by atoms with E-state index in [2.05, 4.69) is 22.8 Å². The lowest BCUT2D eigenvalue weighted by atomic mass is 10.1. The predicted octanol–water partition coefficient (Wildman–Crippen LogP) is 6.54. The molecule has 2 N–H and O–H groups in total. The molecule has 1 amide bonds. The maximum Gasteiger partial charge on any atom is 0.243 e. The summed E-state index contributed by atoms with van der Waals surface area (Å²) in [4.78, 5) is 12.5. The smallest absolute Gasteiger partial charge is 0.243 e. The van der Waals surface area contributed by atoms with E-state index in [0.29, 0.717) is 18.0 Å². The van der Waals surface area contributed by atoms with Gasteiger partial charge < -0.3 is 20.1 Å². The highest BCUT2D eigenvalue weighted by Gasteiger charge is 2.08. The highest BCUT2D eigenvalue weighted by atomic mass is 16.5. The van der Waals surface area contributed by atoms with Crippen LogP contribution in [0, 0.1) is 0 Å². The summed E-state index contributed by atoms with van der Waals surface area (Å²) in [5.74, 6) is 2.04. The van der Waals surface area contributed by atoms with Gasteiger partial charge in [0.25, 0.3) is 0 Å². The van der Waals surface area contributed by atoms with Gasteiger partial charge in [0.2, 0.25) is 5.91 Å². The van der Waals surface area contributed by atoms with Crippen LogP contribution in [0.5, 0.6) is 17.2 Å². The normalized spacial score (nSPS) is 10.4. The number of ether oxygens (including phenoxy) is 2. The van der Waals surface area contributed by atoms with E-state index in [1.54, 1.807) is 0 Å². The number of para-hydroxylation sites is 3. The van der Waals surface area contributed by atoms with Gasteiger partial charge in [0.05, 0.1) is 18.8 Å². The monoisotopic (exact) mass is 452 g/mol. The molecule has 0 heterocycles. The lowest BCUT2D eigenvalue weighted by Crippen LogP contribution is -2.22. The van der Waals surface area contributed by atoms with Gasteiger partial charge in [-0.15, -0.1) is 0 Å². The van der Waals surface area contributed by atoms with Crippen molar-refractivity contribution >= 4 is 17.3 Å². The van der Waals surface area contributed by atoms with Gasteiger partial charge in [0, 0.05) is 5.69 Å². The lowest BCUT2D eigenvalue weighted by Gasteiger charge is -2.13. The summed E-state index contributed by atoms with van der Waals surface area (Å²) in [6.07, 6.45) is 1.85. The molecule has 0 saturated heterocycles. The van der Waals surface area contributed by atoms with Gasteiger partial charge in [0.15, 0.2) is 0 Å². The molecule has 0 fully saturated rings. The van der Waals surface area contributed by atoms with Gasteiger partial charge in [-0.2, -0.15) is 0 Å². The third kappa shape index (κ3) is 7.14. The van der Waals surface area contributed by atoms with Crippen LogP contribution in [-0.2, 0) is 11.2 Å². The molecule has 4 aromatic carbocycles. The minimum absolute atomic E-state index is 0.140. The van der Waals surface area contributed by atoms with Crippen molar-refractivity contribution in [1.29, 1.82) is 0 Å². The van der Waals surface area contributed by atoms with E-state index in [4.69, 9.17) is 9.47 Å². The Kier molecular flexibility index (Phi) is 8.17. The van der Waals surface area contributed by atoms with Crippen molar-refractivity contribution in [2.24, 2.45) is 0 Å². The number of carbonyl (C=O) groups is 1. The van der Waals surface area contributed by atoms with E-state index in [0.717, 1.165) is 30.0 Å². The van der Waals surface area contributed by atoms with Crippen molar-refractivity contribution in [3.63, 3.8) is 0 Å². The van der Waals surface area contributed by atoms with Crippen LogP contribution in [0.1, 0.15) is 12.0 Å². The van der Waals surface area contributed by atoms with Crippen LogP contribution in [0.4, 0.5) is 11.4 Å². The van der Waals surface area contributed by atoms with E-state index in [1.165, 1.54) is 5.56 Å². The molecule has 0 atom stereocenters. The van der Waals surface area contributed by atoms with Crippen LogP contribution >= 0.6 is 0 Å². The van der Waals surface area contributed by atoms with Crippen LogP contribution in [-0.4, -0.2) is 19.1 Å². The number of hydrogen-bond acceptors (Lipinski definition) is 4. The fourth-order valence-electron chi connectivity index (χ4n) is 3.44. The summed E-state index contributed by atoms with van der Waals surface area (Å²) in [5.41, 5.74) is 2.79. The summed E-state index contributed by atoms with van der Waals surface area (Å²) in [6.45, 7) is 0.721. The molecule has 0 aromatic heterocycles. The Labute approximate surface area is 200 Å². The Balaban J connectivity index is 1.23. The molecule has 0 spiro atoms. The zero-order valence-electron chi connectivity index (χ0n) is 18.9. The Morgan fingerprint density at radius 3 is 2.12 bits per heavy atom. The van der Waals surface area contributed by atoms with Crippen molar-refractivity contribution < 1.29 is 14.3 Å². The van der Waals surface area contributed by atoms with E-state index >= 15 is 0 Å². The first-order valence-electron chi connectivity index (χ1n) is 11.4. The molecule has 4 rings (SSSR count). The Morgan fingerprint density at radius 2 is 1.35 bits per heavy atom. The summed E-state index contributed by atoms with van der Waals surface area (Å²) in [5, 5.41) is 6.07. The fourth-order valence-corrected chi connectivity index (χ4v) is 3.44. The summed E-state index contributed by atoms with van der Waals surface area (Å²) < 4.78 is 11.7. The maximum absolute atomic E-state index is 12.5. The number of amides is 1. The second kappa shape index (κ2) is 12.1. The number of nitrogens with one attached hydrogen (secondary N) is 2. The largest absolute Gasteiger partial charge is 0.491 e. The van der Waals surface area contributed by atoms with Crippen molar-refractivity contribution in [3.8, 4) is 17.2 Å². The zero-order valence-corrected chi connectivity index (χ0v) is 18.9. The standard InChI is InChI=1S/C29H28N2O3/c32-29(22-30-24-17-19-26(20-18-24)34-25-13-5-2-6-14-25)31-27-15-7-8-16-28(27)33-21-9-12-23-10-3-1-4-11-23/h1-8,10-11,13-20,30H,9,12,21-22H2,(H,31,32). The minimum Gasteiger partial charge on any atom is -0.491 e. The Morgan fingerprint density at radius 1 is 0.706 bits per heavy atom. The molecule has 0 aliphatic heterocycles. The molecular weight excluding hydrogens is 424 g/mol. The average Bonchev–Trinajstić information content (AvgIpc) is 2.88. The predicted molar refractivity (Wildman–Crippen MR) is 137 cm³/mol. The third-order valence-electron chi connectivity index (χ3n) is 5.16. The average molecular weight is 453 g/mol. The molecule has 0 aliphatic carbocycles. The van der Waals surface area contributed by atoms with E-state index in [9.17, 15) is 4.79 Å². The molecule has 0 unspecified atom stereocenters. The van der Waals surface area contributed by atoms with Crippen LogP contribution in [0.25, 0.3) is 0 Å².